The number of anilines is 1. The van der Waals surface area contributed by atoms with Gasteiger partial charge in [0.15, 0.2) is 0 Å². The summed E-state index contributed by atoms with van der Waals surface area (Å²) in [5, 5.41) is 8.99. The van der Waals surface area contributed by atoms with Crippen molar-refractivity contribution in [1.82, 2.24) is 0 Å². The molecule has 0 spiro atoms. The van der Waals surface area contributed by atoms with Crippen LogP contribution in [0, 0.1) is 0 Å². The topological polar surface area (TPSA) is 58.6 Å². The van der Waals surface area contributed by atoms with Gasteiger partial charge in [-0.25, -0.2) is 0 Å². The number of aliphatic hydroxyl groups excluding tert-OH is 1. The molecule has 0 unspecified atom stereocenters. The molecule has 0 saturated carbocycles. The summed E-state index contributed by atoms with van der Waals surface area (Å²) in [4.78, 5) is 3.88. The zero-order valence-corrected chi connectivity index (χ0v) is 8.87. The summed E-state index contributed by atoms with van der Waals surface area (Å²) < 4.78 is 0.889. The van der Waals surface area contributed by atoms with Crippen molar-refractivity contribution >= 4 is 27.8 Å². The van der Waals surface area contributed by atoms with Crippen molar-refractivity contribution in [3.63, 3.8) is 0 Å². The summed E-state index contributed by atoms with van der Waals surface area (Å²) in [5.41, 5.74) is 7.89. The van der Waals surface area contributed by atoms with Crippen LogP contribution >= 0.6 is 15.9 Å². The van der Waals surface area contributed by atoms with E-state index in [4.69, 9.17) is 10.8 Å². The Balaban J connectivity index is 3.26. The highest BCUT2D eigenvalue weighted by atomic mass is 79.9. The van der Waals surface area contributed by atoms with Crippen LogP contribution in [0.1, 0.15) is 11.1 Å². The molecule has 0 radical (unpaired) electrons. The van der Waals surface area contributed by atoms with E-state index in [2.05, 4.69) is 20.9 Å². The summed E-state index contributed by atoms with van der Waals surface area (Å²) in [5.74, 6) is 0. The Hall–Kier alpha value is -0.870. The lowest BCUT2D eigenvalue weighted by molar-refractivity contribution is 0.282. The van der Waals surface area contributed by atoms with Gasteiger partial charge in [-0.2, -0.15) is 0 Å². The maximum absolute atomic E-state index is 8.99. The first-order valence-electron chi connectivity index (χ1n) is 3.80. The third-order valence-electron chi connectivity index (χ3n) is 1.70. The van der Waals surface area contributed by atoms with E-state index in [0.717, 1.165) is 10.0 Å². The predicted molar refractivity (Wildman–Crippen MR) is 58.0 cm³/mol. The average Bonchev–Trinajstić information content (AvgIpc) is 2.11. The number of rotatable bonds is 2. The molecule has 70 valence electrons. The molecule has 1 rings (SSSR count). The molecule has 0 heterocycles. The van der Waals surface area contributed by atoms with E-state index in [9.17, 15) is 0 Å². The molecule has 3 nitrogen and oxygen atoms in total. The van der Waals surface area contributed by atoms with Crippen molar-refractivity contribution in [2.45, 2.75) is 6.61 Å². The van der Waals surface area contributed by atoms with Crippen molar-refractivity contribution < 1.29 is 5.11 Å². The molecule has 0 saturated heterocycles. The highest BCUT2D eigenvalue weighted by molar-refractivity contribution is 9.10. The van der Waals surface area contributed by atoms with Crippen molar-refractivity contribution in [2.75, 3.05) is 12.8 Å². The summed E-state index contributed by atoms with van der Waals surface area (Å²) in [6, 6.07) is 3.66. The van der Waals surface area contributed by atoms with Gasteiger partial charge in [0, 0.05) is 34.5 Å². The van der Waals surface area contributed by atoms with Gasteiger partial charge in [-0.05, 0) is 12.1 Å². The highest BCUT2D eigenvalue weighted by Gasteiger charge is 2.04. The molecule has 0 bridgehead atoms. The second kappa shape index (κ2) is 4.39. The summed E-state index contributed by atoms with van der Waals surface area (Å²) in [6.45, 7) is -0.0597. The van der Waals surface area contributed by atoms with Gasteiger partial charge in [0.2, 0.25) is 0 Å². The number of aliphatic hydroxyl groups is 1. The molecule has 13 heavy (non-hydrogen) atoms. The molecule has 0 aliphatic rings. The number of hydrogen-bond acceptors (Lipinski definition) is 3. The molecular formula is C9H11BrN2O. The molecule has 0 aliphatic heterocycles. The summed E-state index contributed by atoms with van der Waals surface area (Å²) >= 11 is 3.33. The van der Waals surface area contributed by atoms with Crippen molar-refractivity contribution in [3.05, 3.63) is 27.7 Å². The largest absolute Gasteiger partial charge is 0.398 e. The maximum atomic E-state index is 8.99. The first-order valence-corrected chi connectivity index (χ1v) is 4.59. The Bertz CT molecular complexity index is 337. The molecule has 4 heteroatoms. The number of aliphatic imine (C=N–C) groups is 1. The second-order valence-corrected chi connectivity index (χ2v) is 3.53. The van der Waals surface area contributed by atoms with Crippen LogP contribution in [-0.2, 0) is 6.61 Å². The standard InChI is InChI=1S/C9H11BrN2O/c1-12-4-6-2-8(10)3-7(5-13)9(6)11/h2-4,13H,5,11H2,1H3. The Morgan fingerprint density at radius 1 is 1.62 bits per heavy atom. The fourth-order valence-electron chi connectivity index (χ4n) is 1.07. The molecule has 0 fully saturated rings. The molecule has 0 aromatic heterocycles. The first-order chi connectivity index (χ1) is 6.19. The number of nitrogens with two attached hydrogens (primary N) is 1. The Morgan fingerprint density at radius 2 is 2.31 bits per heavy atom. The summed E-state index contributed by atoms with van der Waals surface area (Å²) in [7, 11) is 1.68. The first kappa shape index (κ1) is 10.2. The lowest BCUT2D eigenvalue weighted by Gasteiger charge is -2.06. The third-order valence-corrected chi connectivity index (χ3v) is 2.16. The third kappa shape index (κ3) is 2.29. The van der Waals surface area contributed by atoms with Gasteiger partial charge in [-0.1, -0.05) is 15.9 Å². The van der Waals surface area contributed by atoms with Crippen LogP contribution in [0.2, 0.25) is 0 Å². The van der Waals surface area contributed by atoms with Gasteiger partial charge in [0.25, 0.3) is 0 Å². The van der Waals surface area contributed by atoms with Crippen molar-refractivity contribution in [3.8, 4) is 0 Å². The van der Waals surface area contributed by atoms with Crippen molar-refractivity contribution in [2.24, 2.45) is 4.99 Å². The zero-order chi connectivity index (χ0) is 9.84. The molecule has 0 amide bonds. The number of nitrogen functional groups attached to an aromatic ring is 1. The van der Waals surface area contributed by atoms with Gasteiger partial charge in [0.1, 0.15) is 0 Å². The van der Waals surface area contributed by atoms with Crippen LogP contribution in [-0.4, -0.2) is 18.4 Å². The van der Waals surface area contributed by atoms with Crippen LogP contribution in [0.15, 0.2) is 21.6 Å². The van der Waals surface area contributed by atoms with E-state index in [-0.39, 0.29) is 6.61 Å². The lowest BCUT2D eigenvalue weighted by Crippen LogP contribution is -1.99. The fraction of sp³-hybridized carbons (Fsp3) is 0.222. The molecule has 0 aliphatic carbocycles. The van der Waals surface area contributed by atoms with E-state index in [1.165, 1.54) is 0 Å². The highest BCUT2D eigenvalue weighted by Crippen LogP contribution is 2.22. The number of hydrogen-bond donors (Lipinski definition) is 2. The SMILES string of the molecule is CN=Cc1cc(Br)cc(CO)c1N. The molecule has 1 aromatic carbocycles. The van der Waals surface area contributed by atoms with E-state index in [1.807, 2.05) is 6.07 Å². The Morgan fingerprint density at radius 3 is 2.85 bits per heavy atom. The monoisotopic (exact) mass is 242 g/mol. The van der Waals surface area contributed by atoms with Crippen LogP contribution in [0.3, 0.4) is 0 Å². The number of benzene rings is 1. The molecular weight excluding hydrogens is 232 g/mol. The van der Waals surface area contributed by atoms with Crippen molar-refractivity contribution in [1.29, 1.82) is 0 Å². The maximum Gasteiger partial charge on any atom is 0.0702 e. The van der Waals surface area contributed by atoms with Gasteiger partial charge in [-0.3, -0.25) is 4.99 Å². The normalized spacial score (nSPS) is 11.0. The van der Waals surface area contributed by atoms with Gasteiger partial charge >= 0.3 is 0 Å². The van der Waals surface area contributed by atoms with Crippen LogP contribution in [0.4, 0.5) is 5.69 Å². The quantitative estimate of drug-likeness (QED) is 0.611. The van der Waals surface area contributed by atoms with Crippen LogP contribution in [0.5, 0.6) is 0 Å². The minimum absolute atomic E-state index is 0.0597. The fourth-order valence-corrected chi connectivity index (χ4v) is 1.60. The molecule has 1 aromatic rings. The smallest absolute Gasteiger partial charge is 0.0702 e. The van der Waals surface area contributed by atoms with E-state index < -0.39 is 0 Å². The Labute approximate surface area is 85.4 Å². The van der Waals surface area contributed by atoms with Crippen LogP contribution in [0.25, 0.3) is 0 Å². The van der Waals surface area contributed by atoms with Gasteiger partial charge in [0.05, 0.1) is 6.61 Å². The Kier molecular flexibility index (Phi) is 3.45. The molecule has 3 N–H and O–H groups in total. The average molecular weight is 243 g/mol. The van der Waals surface area contributed by atoms with E-state index in [0.29, 0.717) is 11.3 Å². The predicted octanol–water partition coefficient (Wildman–Crippen LogP) is 1.57. The zero-order valence-electron chi connectivity index (χ0n) is 7.29. The van der Waals surface area contributed by atoms with Gasteiger partial charge < -0.3 is 10.8 Å². The second-order valence-electron chi connectivity index (χ2n) is 2.61. The number of halogens is 1. The van der Waals surface area contributed by atoms with Gasteiger partial charge in [-0.15, -0.1) is 0 Å². The van der Waals surface area contributed by atoms with Crippen LogP contribution < -0.4 is 5.73 Å². The lowest BCUT2D eigenvalue weighted by atomic mass is 10.1. The minimum atomic E-state index is -0.0597. The molecule has 0 atom stereocenters. The summed E-state index contributed by atoms with van der Waals surface area (Å²) in [6.07, 6.45) is 1.67. The minimum Gasteiger partial charge on any atom is -0.398 e. The van der Waals surface area contributed by atoms with E-state index in [1.54, 1.807) is 19.3 Å². The number of nitrogens with zero attached hydrogens (tertiary/aromatic N) is 1. The van der Waals surface area contributed by atoms with E-state index >= 15 is 0 Å².